The summed E-state index contributed by atoms with van der Waals surface area (Å²) in [6.45, 7) is 6.19. The number of carbonyl (C=O) groups is 1. The molecule has 0 spiro atoms. The van der Waals surface area contributed by atoms with E-state index < -0.39 is 6.04 Å². The van der Waals surface area contributed by atoms with Crippen LogP contribution in [-0.4, -0.2) is 21.9 Å². The van der Waals surface area contributed by atoms with Gasteiger partial charge < -0.3 is 20.6 Å². The fourth-order valence-corrected chi connectivity index (χ4v) is 2.82. The molecule has 0 unspecified atom stereocenters. The van der Waals surface area contributed by atoms with Crippen LogP contribution >= 0.6 is 0 Å². The van der Waals surface area contributed by atoms with Gasteiger partial charge in [0, 0.05) is 11.4 Å². The second-order valence-corrected chi connectivity index (χ2v) is 6.63. The number of H-pyrrole nitrogens is 2. The van der Waals surface area contributed by atoms with Crippen LogP contribution in [0.3, 0.4) is 0 Å². The SMILES string of the molecule is CC[C@@H](C)c1ccc(N[C@@H](C)C(=O)Nc2ccc3[nH]c(=O)[nH]c3c2)cc1. The maximum atomic E-state index is 12.4. The molecule has 2 atom stereocenters. The molecule has 0 bridgehead atoms. The molecule has 0 aliphatic carbocycles. The van der Waals surface area contributed by atoms with Crippen molar-refractivity contribution >= 4 is 28.3 Å². The van der Waals surface area contributed by atoms with Crippen LogP contribution < -0.4 is 16.3 Å². The molecule has 2 aromatic carbocycles. The Morgan fingerprint density at radius 3 is 2.35 bits per heavy atom. The minimum absolute atomic E-state index is 0.145. The Hall–Kier alpha value is -3.02. The average molecular weight is 352 g/mol. The third-order valence-electron chi connectivity index (χ3n) is 4.65. The van der Waals surface area contributed by atoms with Crippen molar-refractivity contribution in [1.29, 1.82) is 0 Å². The van der Waals surface area contributed by atoms with Crippen molar-refractivity contribution < 1.29 is 4.79 Å². The average Bonchev–Trinajstić information content (AvgIpc) is 3.00. The predicted molar refractivity (Wildman–Crippen MR) is 106 cm³/mol. The number of fused-ring (bicyclic) bond motifs is 1. The second-order valence-electron chi connectivity index (χ2n) is 6.63. The van der Waals surface area contributed by atoms with E-state index in [0.29, 0.717) is 22.6 Å². The number of benzene rings is 2. The maximum absolute atomic E-state index is 12.4. The monoisotopic (exact) mass is 352 g/mol. The third-order valence-corrected chi connectivity index (χ3v) is 4.65. The fourth-order valence-electron chi connectivity index (χ4n) is 2.82. The molecule has 6 nitrogen and oxygen atoms in total. The van der Waals surface area contributed by atoms with E-state index in [1.807, 2.05) is 19.1 Å². The fraction of sp³-hybridized carbons (Fsp3) is 0.300. The van der Waals surface area contributed by atoms with Crippen molar-refractivity contribution in [2.45, 2.75) is 39.2 Å². The summed E-state index contributed by atoms with van der Waals surface area (Å²) in [5.74, 6) is 0.382. The van der Waals surface area contributed by atoms with E-state index in [2.05, 4.69) is 46.6 Å². The van der Waals surface area contributed by atoms with Gasteiger partial charge in [-0.2, -0.15) is 0 Å². The largest absolute Gasteiger partial charge is 0.374 e. The normalized spacial score (nSPS) is 13.3. The molecule has 26 heavy (non-hydrogen) atoms. The quantitative estimate of drug-likeness (QED) is 0.544. The Bertz CT molecular complexity index is 956. The first-order valence-corrected chi connectivity index (χ1v) is 8.85. The lowest BCUT2D eigenvalue weighted by Crippen LogP contribution is -2.31. The van der Waals surface area contributed by atoms with Gasteiger partial charge in [0.15, 0.2) is 0 Å². The molecule has 3 rings (SSSR count). The van der Waals surface area contributed by atoms with E-state index in [4.69, 9.17) is 0 Å². The molecule has 1 aromatic heterocycles. The number of aromatic nitrogens is 2. The summed E-state index contributed by atoms with van der Waals surface area (Å²) < 4.78 is 0. The lowest BCUT2D eigenvalue weighted by atomic mass is 9.98. The molecule has 0 fully saturated rings. The second kappa shape index (κ2) is 7.47. The van der Waals surface area contributed by atoms with Crippen LogP contribution in [0.5, 0.6) is 0 Å². The number of imidazole rings is 1. The summed E-state index contributed by atoms with van der Waals surface area (Å²) in [7, 11) is 0. The Balaban J connectivity index is 1.64. The van der Waals surface area contributed by atoms with Crippen LogP contribution in [0.25, 0.3) is 11.0 Å². The van der Waals surface area contributed by atoms with Crippen LogP contribution in [0.1, 0.15) is 38.7 Å². The van der Waals surface area contributed by atoms with E-state index in [1.165, 1.54) is 5.56 Å². The molecule has 0 radical (unpaired) electrons. The van der Waals surface area contributed by atoms with Crippen LogP contribution in [0.2, 0.25) is 0 Å². The van der Waals surface area contributed by atoms with Gasteiger partial charge in [-0.15, -0.1) is 0 Å². The van der Waals surface area contributed by atoms with Crippen molar-refractivity contribution in [2.24, 2.45) is 0 Å². The first-order valence-electron chi connectivity index (χ1n) is 8.85. The number of hydrogen-bond acceptors (Lipinski definition) is 3. The first-order chi connectivity index (χ1) is 12.5. The summed E-state index contributed by atoms with van der Waals surface area (Å²) in [6, 6.07) is 13.1. The molecule has 0 saturated heterocycles. The molecule has 136 valence electrons. The predicted octanol–water partition coefficient (Wildman–Crippen LogP) is 3.81. The third kappa shape index (κ3) is 3.96. The number of rotatable bonds is 6. The van der Waals surface area contributed by atoms with Crippen LogP contribution in [0, 0.1) is 0 Å². The lowest BCUT2D eigenvalue weighted by Gasteiger charge is -2.16. The van der Waals surface area contributed by atoms with Gasteiger partial charge in [0.25, 0.3) is 0 Å². The number of aromatic amines is 2. The smallest absolute Gasteiger partial charge is 0.323 e. The minimum Gasteiger partial charge on any atom is -0.374 e. The minimum atomic E-state index is -0.398. The van der Waals surface area contributed by atoms with Crippen molar-refractivity contribution in [2.75, 3.05) is 10.6 Å². The molecular weight excluding hydrogens is 328 g/mol. The lowest BCUT2D eigenvalue weighted by molar-refractivity contribution is -0.116. The maximum Gasteiger partial charge on any atom is 0.323 e. The van der Waals surface area contributed by atoms with Gasteiger partial charge in [-0.25, -0.2) is 4.79 Å². The van der Waals surface area contributed by atoms with Gasteiger partial charge in [-0.3, -0.25) is 4.79 Å². The van der Waals surface area contributed by atoms with Crippen molar-refractivity contribution in [3.63, 3.8) is 0 Å². The molecule has 0 aliphatic rings. The van der Waals surface area contributed by atoms with Gasteiger partial charge in [0.05, 0.1) is 11.0 Å². The van der Waals surface area contributed by atoms with E-state index in [-0.39, 0.29) is 11.6 Å². The molecule has 6 heteroatoms. The summed E-state index contributed by atoms with van der Waals surface area (Å²) in [4.78, 5) is 29.1. The molecule has 0 saturated carbocycles. The van der Waals surface area contributed by atoms with Crippen molar-refractivity contribution in [1.82, 2.24) is 9.97 Å². The van der Waals surface area contributed by atoms with E-state index in [1.54, 1.807) is 18.2 Å². The van der Waals surface area contributed by atoms with Crippen molar-refractivity contribution in [3.8, 4) is 0 Å². The zero-order valence-electron chi connectivity index (χ0n) is 15.2. The number of carbonyl (C=O) groups excluding carboxylic acids is 1. The van der Waals surface area contributed by atoms with Crippen LogP contribution in [-0.2, 0) is 4.79 Å². The molecule has 4 N–H and O–H groups in total. The summed E-state index contributed by atoms with van der Waals surface area (Å²) in [5.41, 5.74) is 3.95. The Kier molecular flexibility index (Phi) is 5.11. The topological polar surface area (TPSA) is 89.8 Å². The van der Waals surface area contributed by atoms with Gasteiger partial charge >= 0.3 is 5.69 Å². The van der Waals surface area contributed by atoms with Gasteiger partial charge in [-0.05, 0) is 55.2 Å². The summed E-state index contributed by atoms with van der Waals surface area (Å²) in [6.07, 6.45) is 1.10. The van der Waals surface area contributed by atoms with E-state index in [0.717, 1.165) is 12.1 Å². The van der Waals surface area contributed by atoms with Gasteiger partial charge in [0.2, 0.25) is 5.91 Å². The van der Waals surface area contributed by atoms with Gasteiger partial charge in [-0.1, -0.05) is 26.0 Å². The molecule has 0 aliphatic heterocycles. The summed E-state index contributed by atoms with van der Waals surface area (Å²) in [5, 5.41) is 6.08. The highest BCUT2D eigenvalue weighted by Gasteiger charge is 2.13. The zero-order chi connectivity index (χ0) is 18.7. The Labute approximate surface area is 152 Å². The number of hydrogen-bond donors (Lipinski definition) is 4. The summed E-state index contributed by atoms with van der Waals surface area (Å²) >= 11 is 0. The number of amides is 1. The molecule has 3 aromatic rings. The number of nitrogens with one attached hydrogen (secondary N) is 4. The number of anilines is 2. The van der Waals surface area contributed by atoms with Crippen molar-refractivity contribution in [3.05, 3.63) is 58.5 Å². The van der Waals surface area contributed by atoms with Gasteiger partial charge in [0.1, 0.15) is 6.04 Å². The molecule has 1 amide bonds. The van der Waals surface area contributed by atoms with E-state index in [9.17, 15) is 9.59 Å². The van der Waals surface area contributed by atoms with Crippen LogP contribution in [0.15, 0.2) is 47.3 Å². The highest BCUT2D eigenvalue weighted by molar-refractivity contribution is 5.97. The Morgan fingerprint density at radius 1 is 1.00 bits per heavy atom. The Morgan fingerprint density at radius 2 is 1.65 bits per heavy atom. The molecule has 1 heterocycles. The van der Waals surface area contributed by atoms with Crippen LogP contribution in [0.4, 0.5) is 11.4 Å². The molecular formula is C20H24N4O2. The highest BCUT2D eigenvalue weighted by atomic mass is 16.2. The highest BCUT2D eigenvalue weighted by Crippen LogP contribution is 2.21. The first kappa shape index (κ1) is 17.8. The zero-order valence-corrected chi connectivity index (χ0v) is 15.2. The van der Waals surface area contributed by atoms with E-state index >= 15 is 0 Å². The standard InChI is InChI=1S/C20H24N4O2/c1-4-12(2)14-5-7-15(8-6-14)21-13(3)19(25)22-16-9-10-17-18(11-16)24-20(26)23-17/h5-13,21H,4H2,1-3H3,(H,22,25)(H2,23,24,26)/t12-,13+/m1/s1.